The molecule has 4 nitrogen and oxygen atoms in total. The van der Waals surface area contributed by atoms with E-state index in [1.807, 2.05) is 25.1 Å². The predicted octanol–water partition coefficient (Wildman–Crippen LogP) is 4.19. The van der Waals surface area contributed by atoms with E-state index in [0.717, 1.165) is 6.07 Å². The van der Waals surface area contributed by atoms with Crippen LogP contribution in [-0.2, 0) is 13.0 Å². The minimum absolute atomic E-state index is 0.162. The van der Waals surface area contributed by atoms with Gasteiger partial charge in [-0.1, -0.05) is 37.3 Å². The molecule has 0 aliphatic rings. The summed E-state index contributed by atoms with van der Waals surface area (Å²) in [5, 5.41) is 10.7. The number of nitrogens with one attached hydrogen (secondary N) is 1. The number of hydrogen-bond acceptors (Lipinski definition) is 4. The van der Waals surface area contributed by atoms with Crippen molar-refractivity contribution in [2.45, 2.75) is 19.9 Å². The maximum Gasteiger partial charge on any atom is 0.235 e. The van der Waals surface area contributed by atoms with E-state index in [1.165, 1.54) is 6.07 Å². The quantitative estimate of drug-likeness (QED) is 0.767. The molecule has 118 valence electrons. The standard InChI is InChI=1S/C17H15F2N3O/c1-2-15-21-22-16(23-15)10-20-17-13(8-12(18)9-14(17)19)11-6-4-3-5-7-11/h3-9,20H,2,10H2,1H3. The first-order valence-electron chi connectivity index (χ1n) is 7.27. The predicted molar refractivity (Wildman–Crippen MR) is 82.8 cm³/mol. The van der Waals surface area contributed by atoms with E-state index < -0.39 is 11.6 Å². The lowest BCUT2D eigenvalue weighted by Crippen LogP contribution is -2.04. The molecule has 0 aliphatic heterocycles. The third kappa shape index (κ3) is 3.36. The third-order valence-corrected chi connectivity index (χ3v) is 3.37. The molecule has 0 saturated carbocycles. The van der Waals surface area contributed by atoms with Gasteiger partial charge in [0.25, 0.3) is 0 Å². The largest absolute Gasteiger partial charge is 0.423 e. The smallest absolute Gasteiger partial charge is 0.235 e. The fraction of sp³-hybridized carbons (Fsp3) is 0.176. The van der Waals surface area contributed by atoms with Gasteiger partial charge in [-0.25, -0.2) is 8.78 Å². The molecule has 0 fully saturated rings. The van der Waals surface area contributed by atoms with Crippen LogP contribution in [0.15, 0.2) is 46.9 Å². The summed E-state index contributed by atoms with van der Waals surface area (Å²) in [6.45, 7) is 2.06. The maximum atomic E-state index is 14.2. The SMILES string of the molecule is CCc1nnc(CNc2c(F)cc(F)cc2-c2ccccc2)o1. The van der Waals surface area contributed by atoms with Crippen LogP contribution in [0.2, 0.25) is 0 Å². The summed E-state index contributed by atoms with van der Waals surface area (Å²) >= 11 is 0. The van der Waals surface area contributed by atoms with Crippen LogP contribution in [0.25, 0.3) is 11.1 Å². The highest BCUT2D eigenvalue weighted by atomic mass is 19.1. The van der Waals surface area contributed by atoms with Gasteiger partial charge in [0, 0.05) is 18.1 Å². The molecule has 0 aliphatic carbocycles. The molecule has 23 heavy (non-hydrogen) atoms. The molecule has 6 heteroatoms. The number of aryl methyl sites for hydroxylation is 1. The number of hydrogen-bond donors (Lipinski definition) is 1. The zero-order chi connectivity index (χ0) is 16.2. The lowest BCUT2D eigenvalue weighted by Gasteiger charge is -2.12. The molecular weight excluding hydrogens is 300 g/mol. The van der Waals surface area contributed by atoms with E-state index in [0.29, 0.717) is 29.3 Å². The van der Waals surface area contributed by atoms with Gasteiger partial charge < -0.3 is 9.73 Å². The summed E-state index contributed by atoms with van der Waals surface area (Å²) in [4.78, 5) is 0. The molecular formula is C17H15F2N3O. The topological polar surface area (TPSA) is 51.0 Å². The molecule has 0 bridgehead atoms. The Morgan fingerprint density at radius 3 is 2.48 bits per heavy atom. The number of anilines is 1. The minimum Gasteiger partial charge on any atom is -0.423 e. The molecule has 1 heterocycles. The van der Waals surface area contributed by atoms with Crippen molar-refractivity contribution in [2.75, 3.05) is 5.32 Å². The molecule has 0 saturated heterocycles. The Morgan fingerprint density at radius 1 is 1.04 bits per heavy atom. The number of halogens is 2. The Morgan fingerprint density at radius 2 is 1.78 bits per heavy atom. The average molecular weight is 315 g/mol. The normalized spacial score (nSPS) is 10.7. The van der Waals surface area contributed by atoms with Crippen LogP contribution >= 0.6 is 0 Å². The van der Waals surface area contributed by atoms with Crippen molar-refractivity contribution in [1.82, 2.24) is 10.2 Å². The molecule has 0 atom stereocenters. The van der Waals surface area contributed by atoms with Crippen molar-refractivity contribution in [1.29, 1.82) is 0 Å². The van der Waals surface area contributed by atoms with Gasteiger partial charge in [0.2, 0.25) is 11.8 Å². The van der Waals surface area contributed by atoms with Crippen LogP contribution in [0.4, 0.5) is 14.5 Å². The lowest BCUT2D eigenvalue weighted by molar-refractivity contribution is 0.460. The molecule has 1 N–H and O–H groups in total. The summed E-state index contributed by atoms with van der Waals surface area (Å²) < 4.78 is 33.2. The summed E-state index contributed by atoms with van der Waals surface area (Å²) in [6.07, 6.45) is 0.632. The molecule has 0 spiro atoms. The number of aromatic nitrogens is 2. The van der Waals surface area contributed by atoms with Crippen molar-refractivity contribution in [3.05, 3.63) is 65.9 Å². The number of nitrogens with zero attached hydrogens (tertiary/aromatic N) is 2. The highest BCUT2D eigenvalue weighted by molar-refractivity contribution is 5.78. The molecule has 0 radical (unpaired) electrons. The number of benzene rings is 2. The molecule has 3 aromatic rings. The summed E-state index contributed by atoms with van der Waals surface area (Å²) in [5.41, 5.74) is 1.36. The highest BCUT2D eigenvalue weighted by Gasteiger charge is 2.14. The van der Waals surface area contributed by atoms with Gasteiger partial charge in [0.1, 0.15) is 11.6 Å². The van der Waals surface area contributed by atoms with Crippen LogP contribution in [0, 0.1) is 11.6 Å². The van der Waals surface area contributed by atoms with Crippen LogP contribution < -0.4 is 5.32 Å². The second-order valence-corrected chi connectivity index (χ2v) is 4.97. The van der Waals surface area contributed by atoms with Gasteiger partial charge in [-0.3, -0.25) is 0 Å². The van der Waals surface area contributed by atoms with Crippen molar-refractivity contribution < 1.29 is 13.2 Å². The first-order chi connectivity index (χ1) is 11.2. The van der Waals surface area contributed by atoms with E-state index in [9.17, 15) is 8.78 Å². The molecule has 0 unspecified atom stereocenters. The van der Waals surface area contributed by atoms with Crippen LogP contribution in [-0.4, -0.2) is 10.2 Å². The Balaban J connectivity index is 1.91. The van der Waals surface area contributed by atoms with E-state index >= 15 is 0 Å². The van der Waals surface area contributed by atoms with Gasteiger partial charge in [-0.05, 0) is 11.6 Å². The first kappa shape index (κ1) is 15.1. The molecule has 0 amide bonds. The third-order valence-electron chi connectivity index (χ3n) is 3.37. The average Bonchev–Trinajstić information content (AvgIpc) is 3.02. The molecule has 2 aromatic carbocycles. The van der Waals surface area contributed by atoms with Crippen molar-refractivity contribution in [3.8, 4) is 11.1 Å². The summed E-state index contributed by atoms with van der Waals surface area (Å²) in [6, 6.07) is 11.2. The van der Waals surface area contributed by atoms with Gasteiger partial charge in [0.15, 0.2) is 0 Å². The highest BCUT2D eigenvalue weighted by Crippen LogP contribution is 2.31. The fourth-order valence-corrected chi connectivity index (χ4v) is 2.27. The van der Waals surface area contributed by atoms with E-state index in [4.69, 9.17) is 4.42 Å². The zero-order valence-corrected chi connectivity index (χ0v) is 12.5. The second-order valence-electron chi connectivity index (χ2n) is 4.97. The Labute approximate surface area is 132 Å². The van der Waals surface area contributed by atoms with Gasteiger partial charge in [0.05, 0.1) is 12.2 Å². The Kier molecular flexibility index (Phi) is 4.32. The fourth-order valence-electron chi connectivity index (χ4n) is 2.27. The maximum absolute atomic E-state index is 14.2. The number of rotatable bonds is 5. The minimum atomic E-state index is -0.668. The Hall–Kier alpha value is -2.76. The van der Waals surface area contributed by atoms with Crippen molar-refractivity contribution in [3.63, 3.8) is 0 Å². The van der Waals surface area contributed by atoms with Gasteiger partial charge in [-0.15, -0.1) is 10.2 Å². The Bertz CT molecular complexity index is 803. The van der Waals surface area contributed by atoms with Crippen molar-refractivity contribution >= 4 is 5.69 Å². The van der Waals surface area contributed by atoms with Gasteiger partial charge >= 0.3 is 0 Å². The summed E-state index contributed by atoms with van der Waals surface area (Å²) in [5.74, 6) is -0.425. The first-order valence-corrected chi connectivity index (χ1v) is 7.27. The van der Waals surface area contributed by atoms with Crippen LogP contribution in [0.3, 0.4) is 0 Å². The second kappa shape index (κ2) is 6.56. The summed E-state index contributed by atoms with van der Waals surface area (Å²) in [7, 11) is 0. The van der Waals surface area contributed by atoms with E-state index in [2.05, 4.69) is 15.5 Å². The lowest BCUT2D eigenvalue weighted by atomic mass is 10.0. The van der Waals surface area contributed by atoms with E-state index in [-0.39, 0.29) is 12.2 Å². The molecule has 3 rings (SSSR count). The van der Waals surface area contributed by atoms with E-state index in [1.54, 1.807) is 12.1 Å². The monoisotopic (exact) mass is 315 g/mol. The zero-order valence-electron chi connectivity index (χ0n) is 12.5. The van der Waals surface area contributed by atoms with Crippen LogP contribution in [0.5, 0.6) is 0 Å². The van der Waals surface area contributed by atoms with Gasteiger partial charge in [-0.2, -0.15) is 0 Å². The van der Waals surface area contributed by atoms with Crippen molar-refractivity contribution in [2.24, 2.45) is 0 Å². The van der Waals surface area contributed by atoms with Crippen LogP contribution in [0.1, 0.15) is 18.7 Å². The molecule has 1 aromatic heterocycles.